The summed E-state index contributed by atoms with van der Waals surface area (Å²) in [5.41, 5.74) is 0.656. The van der Waals surface area contributed by atoms with Gasteiger partial charge in [0.15, 0.2) is 4.77 Å². The summed E-state index contributed by atoms with van der Waals surface area (Å²) in [6.07, 6.45) is 1.17. The minimum absolute atomic E-state index is 0.293. The lowest BCUT2D eigenvalue weighted by Crippen LogP contribution is -2.06. The van der Waals surface area contributed by atoms with E-state index in [1.54, 1.807) is 0 Å². The van der Waals surface area contributed by atoms with Crippen LogP contribution in [0.2, 0.25) is 0 Å². The van der Waals surface area contributed by atoms with E-state index in [9.17, 15) is 4.79 Å². The first kappa shape index (κ1) is 8.27. The molecule has 0 atom stereocenters. The highest BCUT2D eigenvalue weighted by Crippen LogP contribution is 2.01. The lowest BCUT2D eigenvalue weighted by Gasteiger charge is -1.95. The molecule has 0 saturated carbocycles. The molecule has 0 aliphatic rings. The fourth-order valence-electron chi connectivity index (χ4n) is 0.972. The molecule has 0 aromatic carbocycles. The number of aromatic amines is 3. The summed E-state index contributed by atoms with van der Waals surface area (Å²) in [6.45, 7) is 0. The highest BCUT2D eigenvalue weighted by Gasteiger charge is 1.97. The molecule has 0 fully saturated rings. The Kier molecular flexibility index (Phi) is 1.82. The first-order valence-electron chi connectivity index (χ1n) is 3.38. The smallest absolute Gasteiger partial charge is 0.267 e. The number of nitrogens with one attached hydrogen (secondary N) is 3. The van der Waals surface area contributed by atoms with Crippen molar-refractivity contribution in [1.82, 2.24) is 19.9 Å². The molecular formula is C6H4N4OS2. The molecule has 0 unspecified atom stereocenters. The highest BCUT2D eigenvalue weighted by molar-refractivity contribution is 7.72. The van der Waals surface area contributed by atoms with E-state index in [4.69, 9.17) is 24.4 Å². The van der Waals surface area contributed by atoms with Gasteiger partial charge in [0, 0.05) is 0 Å². The quantitative estimate of drug-likeness (QED) is 0.570. The van der Waals surface area contributed by atoms with Gasteiger partial charge < -0.3 is 15.0 Å². The monoisotopic (exact) mass is 212 g/mol. The predicted octanol–water partition coefficient (Wildman–Crippen LogP) is 1.04. The van der Waals surface area contributed by atoms with Crippen LogP contribution in [0.3, 0.4) is 0 Å². The van der Waals surface area contributed by atoms with Gasteiger partial charge in [-0.15, -0.1) is 0 Å². The van der Waals surface area contributed by atoms with Crippen LogP contribution in [-0.2, 0) is 0 Å². The molecule has 0 radical (unpaired) electrons. The molecule has 0 amide bonds. The molecule has 2 rings (SSSR count). The minimum Gasteiger partial charge on any atom is -0.322 e. The Bertz CT molecular complexity index is 617. The summed E-state index contributed by atoms with van der Waals surface area (Å²) in [5.74, 6) is 0. The maximum absolute atomic E-state index is 10.9. The second-order valence-electron chi connectivity index (χ2n) is 2.38. The minimum atomic E-state index is -0.293. The van der Waals surface area contributed by atoms with Crippen molar-refractivity contribution in [2.24, 2.45) is 0 Å². The van der Waals surface area contributed by atoms with Crippen molar-refractivity contribution in [3.05, 3.63) is 26.0 Å². The Hall–Kier alpha value is -1.34. The summed E-state index contributed by atoms with van der Waals surface area (Å²) >= 11 is 9.80. The fourth-order valence-corrected chi connectivity index (χ4v) is 1.50. The van der Waals surface area contributed by atoms with Crippen molar-refractivity contribution in [3.8, 4) is 0 Å². The second-order valence-corrected chi connectivity index (χ2v) is 3.20. The van der Waals surface area contributed by atoms with Crippen molar-refractivity contribution in [2.75, 3.05) is 0 Å². The molecule has 5 nitrogen and oxygen atoms in total. The zero-order chi connectivity index (χ0) is 9.42. The average Bonchev–Trinajstić information content (AvgIpc) is 2.02. The first-order chi connectivity index (χ1) is 6.16. The van der Waals surface area contributed by atoms with E-state index in [1.165, 1.54) is 6.20 Å². The molecule has 0 aliphatic heterocycles. The van der Waals surface area contributed by atoms with Crippen LogP contribution < -0.4 is 5.56 Å². The van der Waals surface area contributed by atoms with E-state index in [2.05, 4.69) is 19.9 Å². The molecule has 2 aromatic rings. The van der Waals surface area contributed by atoms with Crippen molar-refractivity contribution in [3.63, 3.8) is 0 Å². The Labute approximate surface area is 81.9 Å². The molecule has 13 heavy (non-hydrogen) atoms. The summed E-state index contributed by atoms with van der Waals surface area (Å²) in [7, 11) is 0. The van der Waals surface area contributed by atoms with Gasteiger partial charge in [-0.25, -0.2) is 4.98 Å². The van der Waals surface area contributed by atoms with Crippen molar-refractivity contribution < 1.29 is 0 Å². The average molecular weight is 212 g/mol. The van der Waals surface area contributed by atoms with Crippen molar-refractivity contribution in [1.29, 1.82) is 0 Å². The van der Waals surface area contributed by atoms with Gasteiger partial charge in [-0.1, -0.05) is 12.2 Å². The predicted molar refractivity (Wildman–Crippen MR) is 52.7 cm³/mol. The van der Waals surface area contributed by atoms with Crippen LogP contribution in [0, 0.1) is 9.41 Å². The number of nitrogens with zero attached hydrogens (tertiary/aromatic N) is 1. The van der Waals surface area contributed by atoms with E-state index >= 15 is 0 Å². The van der Waals surface area contributed by atoms with Gasteiger partial charge >= 0.3 is 0 Å². The number of fused-ring (bicyclic) bond motifs is 1. The summed E-state index contributed by atoms with van der Waals surface area (Å²) < 4.78 is 0.774. The molecule has 0 aliphatic carbocycles. The van der Waals surface area contributed by atoms with Gasteiger partial charge in [0.1, 0.15) is 15.8 Å². The molecular weight excluding hydrogens is 208 g/mol. The number of aromatic nitrogens is 4. The van der Waals surface area contributed by atoms with Crippen molar-refractivity contribution >= 4 is 35.6 Å². The van der Waals surface area contributed by atoms with Crippen molar-refractivity contribution in [2.45, 2.75) is 0 Å². The standard InChI is InChI=1S/C6H4N4OS2/c11-2-1-7-3-4(8-2)9-6(13)10-5(3)12/h1H,(H3,8,9,10,11,12,13). The molecule has 2 heterocycles. The zero-order valence-electron chi connectivity index (χ0n) is 6.25. The fraction of sp³-hybridized carbons (Fsp3) is 0. The van der Waals surface area contributed by atoms with Gasteiger partial charge in [-0.3, -0.25) is 4.79 Å². The van der Waals surface area contributed by atoms with E-state index in [-0.39, 0.29) is 5.56 Å². The largest absolute Gasteiger partial charge is 0.322 e. The summed E-state index contributed by atoms with van der Waals surface area (Å²) in [6, 6.07) is 0. The van der Waals surface area contributed by atoms with E-state index in [1.807, 2.05) is 0 Å². The molecule has 2 aromatic heterocycles. The molecule has 66 valence electrons. The Balaban J connectivity index is 3.12. The van der Waals surface area contributed by atoms with E-state index in [0.717, 1.165) is 0 Å². The Morgan fingerprint density at radius 1 is 1.23 bits per heavy atom. The third-order valence-electron chi connectivity index (χ3n) is 1.48. The normalized spacial score (nSPS) is 10.5. The van der Waals surface area contributed by atoms with Crippen LogP contribution in [0.5, 0.6) is 0 Å². The topological polar surface area (TPSA) is 77.3 Å². The van der Waals surface area contributed by atoms with Gasteiger partial charge in [-0.2, -0.15) is 0 Å². The van der Waals surface area contributed by atoms with Crippen LogP contribution >= 0.6 is 24.4 Å². The van der Waals surface area contributed by atoms with Gasteiger partial charge in [-0.05, 0) is 12.2 Å². The zero-order valence-corrected chi connectivity index (χ0v) is 7.88. The second kappa shape index (κ2) is 2.86. The number of hydrogen-bond donors (Lipinski definition) is 3. The SMILES string of the molecule is O=c1cnc2c(=S)[nH]c(=S)[nH]c2[nH]1. The Morgan fingerprint density at radius 2 is 2.00 bits per heavy atom. The van der Waals surface area contributed by atoms with Gasteiger partial charge in [0.2, 0.25) is 0 Å². The van der Waals surface area contributed by atoms with Crippen LogP contribution in [-0.4, -0.2) is 19.9 Å². The number of hydrogen-bond acceptors (Lipinski definition) is 4. The summed E-state index contributed by atoms with van der Waals surface area (Å²) in [5, 5.41) is 0. The van der Waals surface area contributed by atoms with Crippen LogP contribution in [0.4, 0.5) is 0 Å². The number of H-pyrrole nitrogens is 3. The lowest BCUT2D eigenvalue weighted by molar-refractivity contribution is 1.09. The Morgan fingerprint density at radius 3 is 2.77 bits per heavy atom. The lowest BCUT2D eigenvalue weighted by atomic mass is 10.5. The van der Waals surface area contributed by atoms with Crippen LogP contribution in [0.15, 0.2) is 11.0 Å². The van der Waals surface area contributed by atoms with E-state index in [0.29, 0.717) is 20.6 Å². The van der Waals surface area contributed by atoms with Crippen LogP contribution in [0.25, 0.3) is 11.2 Å². The van der Waals surface area contributed by atoms with Crippen LogP contribution in [0.1, 0.15) is 0 Å². The third-order valence-corrected chi connectivity index (χ3v) is 1.98. The summed E-state index contributed by atoms with van der Waals surface area (Å²) in [4.78, 5) is 22.8. The number of rotatable bonds is 0. The maximum Gasteiger partial charge on any atom is 0.267 e. The molecule has 0 saturated heterocycles. The third kappa shape index (κ3) is 1.43. The first-order valence-corrected chi connectivity index (χ1v) is 4.20. The maximum atomic E-state index is 10.9. The molecule has 0 spiro atoms. The van der Waals surface area contributed by atoms with Gasteiger partial charge in [0.25, 0.3) is 5.56 Å². The molecule has 7 heteroatoms. The van der Waals surface area contributed by atoms with Gasteiger partial charge in [0.05, 0.1) is 6.20 Å². The highest BCUT2D eigenvalue weighted by atomic mass is 32.1. The molecule has 3 N–H and O–H groups in total. The molecule has 0 bridgehead atoms. The van der Waals surface area contributed by atoms with E-state index < -0.39 is 0 Å².